The maximum atomic E-state index is 12.7. The molecule has 1 saturated heterocycles. The third-order valence-electron chi connectivity index (χ3n) is 5.19. The van der Waals surface area contributed by atoms with E-state index in [1.807, 2.05) is 31.2 Å². The van der Waals surface area contributed by atoms with E-state index >= 15 is 0 Å². The molecule has 0 radical (unpaired) electrons. The summed E-state index contributed by atoms with van der Waals surface area (Å²) in [6.45, 7) is 2.93. The number of Topliss-reactive ketones (excluding diaryl/α,β-unsaturated/α-hetero) is 1. The van der Waals surface area contributed by atoms with Crippen LogP contribution in [0.3, 0.4) is 0 Å². The van der Waals surface area contributed by atoms with E-state index in [4.69, 9.17) is 0 Å². The van der Waals surface area contributed by atoms with Gasteiger partial charge >= 0.3 is 12.2 Å². The zero-order chi connectivity index (χ0) is 21.0. The van der Waals surface area contributed by atoms with Crippen LogP contribution in [0.5, 0.6) is 0 Å². The quantitative estimate of drug-likeness (QED) is 0.684. The van der Waals surface area contributed by atoms with Crippen LogP contribution in [0, 0.1) is 12.8 Å². The van der Waals surface area contributed by atoms with E-state index in [2.05, 4.69) is 5.32 Å². The summed E-state index contributed by atoms with van der Waals surface area (Å²) in [5.74, 6) is -0.469. The van der Waals surface area contributed by atoms with E-state index in [0.717, 1.165) is 17.7 Å². The average Bonchev–Trinajstić information content (AvgIpc) is 2.95. The van der Waals surface area contributed by atoms with Crippen molar-refractivity contribution < 1.29 is 22.8 Å². The molecule has 1 N–H and O–H groups in total. The number of aryl methyl sites for hydroxylation is 1. The van der Waals surface area contributed by atoms with Gasteiger partial charge in [-0.05, 0) is 50.5 Å². The lowest BCUT2D eigenvalue weighted by Gasteiger charge is -2.21. The van der Waals surface area contributed by atoms with Crippen LogP contribution in [0.2, 0.25) is 0 Å². The molecule has 1 fully saturated rings. The van der Waals surface area contributed by atoms with Gasteiger partial charge in [0.15, 0.2) is 5.78 Å². The Morgan fingerprint density at radius 2 is 1.62 bits per heavy atom. The molecule has 0 aromatic heterocycles. The fourth-order valence-electron chi connectivity index (χ4n) is 3.46. The molecule has 0 saturated carbocycles. The van der Waals surface area contributed by atoms with Gasteiger partial charge in [-0.25, -0.2) is 4.79 Å². The van der Waals surface area contributed by atoms with Crippen LogP contribution in [0.15, 0.2) is 48.5 Å². The average molecular weight is 404 g/mol. The Bertz CT molecular complexity index is 861. The Morgan fingerprint density at radius 3 is 2.24 bits per heavy atom. The molecular formula is C22H23F3N2O2. The van der Waals surface area contributed by atoms with Crippen molar-refractivity contribution in [2.45, 2.75) is 32.4 Å². The molecule has 7 heteroatoms. The maximum absolute atomic E-state index is 12.7. The van der Waals surface area contributed by atoms with Crippen molar-refractivity contribution in [2.75, 3.05) is 18.4 Å². The number of carbonyl (C=O) groups excluding carboxylic acids is 2. The van der Waals surface area contributed by atoms with Crippen LogP contribution in [0.25, 0.3) is 0 Å². The highest BCUT2D eigenvalue weighted by Crippen LogP contribution is 2.30. The van der Waals surface area contributed by atoms with Gasteiger partial charge in [0.25, 0.3) is 0 Å². The fourth-order valence-corrected chi connectivity index (χ4v) is 3.46. The van der Waals surface area contributed by atoms with Crippen molar-refractivity contribution in [2.24, 2.45) is 5.92 Å². The molecule has 1 heterocycles. The number of halogens is 3. The Morgan fingerprint density at radius 1 is 0.966 bits per heavy atom. The number of benzene rings is 2. The molecule has 0 bridgehead atoms. The molecule has 1 aliphatic rings. The van der Waals surface area contributed by atoms with Crippen molar-refractivity contribution in [3.63, 3.8) is 0 Å². The fraction of sp³-hybridized carbons (Fsp3) is 0.364. The van der Waals surface area contributed by atoms with Crippen molar-refractivity contribution in [1.82, 2.24) is 4.90 Å². The molecule has 3 rings (SSSR count). The summed E-state index contributed by atoms with van der Waals surface area (Å²) in [6.07, 6.45) is -2.66. The second kappa shape index (κ2) is 8.68. The first-order valence-corrected chi connectivity index (χ1v) is 9.58. The van der Waals surface area contributed by atoms with Gasteiger partial charge in [-0.3, -0.25) is 4.79 Å². The minimum Gasteiger partial charge on any atom is -0.325 e. The number of hydrogen-bond acceptors (Lipinski definition) is 2. The van der Waals surface area contributed by atoms with Crippen LogP contribution in [0.4, 0.5) is 23.7 Å². The van der Waals surface area contributed by atoms with E-state index in [1.165, 1.54) is 12.1 Å². The van der Waals surface area contributed by atoms with Crippen LogP contribution in [-0.2, 0) is 6.18 Å². The molecule has 29 heavy (non-hydrogen) atoms. The normalized spacial score (nSPS) is 17.5. The highest BCUT2D eigenvalue weighted by molar-refractivity contribution is 5.98. The van der Waals surface area contributed by atoms with Crippen LogP contribution in [0.1, 0.15) is 40.7 Å². The topological polar surface area (TPSA) is 49.4 Å². The molecule has 1 unspecified atom stereocenters. The predicted octanol–water partition coefficient (Wildman–Crippen LogP) is 5.53. The lowest BCUT2D eigenvalue weighted by atomic mass is 9.91. The number of nitrogens with zero attached hydrogens (tertiary/aromatic N) is 1. The van der Waals surface area contributed by atoms with Gasteiger partial charge in [0.2, 0.25) is 0 Å². The Labute approximate surface area is 167 Å². The molecule has 1 aliphatic heterocycles. The Kier molecular flexibility index (Phi) is 6.25. The van der Waals surface area contributed by atoms with Gasteiger partial charge in [0.05, 0.1) is 5.56 Å². The summed E-state index contributed by atoms with van der Waals surface area (Å²) < 4.78 is 38.1. The first-order valence-electron chi connectivity index (χ1n) is 9.58. The van der Waals surface area contributed by atoms with Crippen molar-refractivity contribution in [3.05, 3.63) is 65.2 Å². The third kappa shape index (κ3) is 5.37. The highest BCUT2D eigenvalue weighted by atomic mass is 19.4. The van der Waals surface area contributed by atoms with E-state index in [9.17, 15) is 22.8 Å². The zero-order valence-corrected chi connectivity index (χ0v) is 16.1. The van der Waals surface area contributed by atoms with Gasteiger partial charge < -0.3 is 10.2 Å². The van der Waals surface area contributed by atoms with Crippen LogP contribution >= 0.6 is 0 Å². The van der Waals surface area contributed by atoms with Gasteiger partial charge in [0.1, 0.15) is 0 Å². The van der Waals surface area contributed by atoms with Gasteiger partial charge in [-0.15, -0.1) is 0 Å². The van der Waals surface area contributed by atoms with E-state index < -0.39 is 11.7 Å². The van der Waals surface area contributed by atoms with Crippen molar-refractivity contribution in [3.8, 4) is 0 Å². The summed E-state index contributed by atoms with van der Waals surface area (Å²) in [5.41, 5.74) is 1.32. The molecule has 154 valence electrons. The number of amides is 2. The molecule has 0 aliphatic carbocycles. The molecular weight excluding hydrogens is 381 g/mol. The minimum atomic E-state index is -4.42. The second-order valence-electron chi connectivity index (χ2n) is 7.35. The zero-order valence-electron chi connectivity index (χ0n) is 16.1. The highest BCUT2D eigenvalue weighted by Gasteiger charge is 2.31. The molecule has 1 atom stereocenters. The van der Waals surface area contributed by atoms with Gasteiger partial charge in [0, 0.05) is 30.3 Å². The number of nitrogens with one attached hydrogen (secondary N) is 1. The third-order valence-corrected chi connectivity index (χ3v) is 5.19. The number of rotatable bonds is 3. The van der Waals surface area contributed by atoms with Gasteiger partial charge in [-0.1, -0.05) is 29.8 Å². The number of anilines is 1. The Balaban J connectivity index is 1.59. The summed E-state index contributed by atoms with van der Waals surface area (Å²) in [6, 6.07) is 11.6. The maximum Gasteiger partial charge on any atom is 0.416 e. The standard InChI is InChI=1S/C22H23F3N2O2/c1-15-4-10-19(11-5-15)26-21(29)27-13-2-3-16(12-14-27)20(28)17-6-8-18(9-7-17)22(23,24)25/h4-11,16H,2-3,12-14H2,1H3,(H,26,29). The summed E-state index contributed by atoms with van der Waals surface area (Å²) in [7, 11) is 0. The van der Waals surface area contributed by atoms with E-state index in [0.29, 0.717) is 38.0 Å². The number of urea groups is 1. The van der Waals surface area contributed by atoms with Crippen molar-refractivity contribution in [1.29, 1.82) is 0 Å². The molecule has 2 aromatic rings. The lowest BCUT2D eigenvalue weighted by Crippen LogP contribution is -2.35. The summed E-state index contributed by atoms with van der Waals surface area (Å²) >= 11 is 0. The summed E-state index contributed by atoms with van der Waals surface area (Å²) in [5, 5.41) is 2.86. The first kappa shape index (κ1) is 20.9. The predicted molar refractivity (Wildman–Crippen MR) is 105 cm³/mol. The minimum absolute atomic E-state index is 0.167. The van der Waals surface area contributed by atoms with E-state index in [-0.39, 0.29) is 23.3 Å². The first-order chi connectivity index (χ1) is 13.7. The molecule has 2 amide bonds. The van der Waals surface area contributed by atoms with E-state index in [1.54, 1.807) is 4.90 Å². The molecule has 2 aromatic carbocycles. The van der Waals surface area contributed by atoms with Crippen LogP contribution < -0.4 is 5.32 Å². The molecule has 0 spiro atoms. The SMILES string of the molecule is Cc1ccc(NC(=O)N2CCCC(C(=O)c3ccc(C(F)(F)F)cc3)CC2)cc1. The van der Waals surface area contributed by atoms with Gasteiger partial charge in [-0.2, -0.15) is 13.2 Å². The lowest BCUT2D eigenvalue weighted by molar-refractivity contribution is -0.137. The smallest absolute Gasteiger partial charge is 0.325 e. The summed E-state index contributed by atoms with van der Waals surface area (Å²) in [4.78, 5) is 26.9. The largest absolute Gasteiger partial charge is 0.416 e. The number of likely N-dealkylation sites (tertiary alicyclic amines) is 1. The van der Waals surface area contributed by atoms with Crippen LogP contribution in [-0.4, -0.2) is 29.8 Å². The molecule has 4 nitrogen and oxygen atoms in total. The van der Waals surface area contributed by atoms with Crippen molar-refractivity contribution >= 4 is 17.5 Å². The number of carbonyl (C=O) groups is 2. The second-order valence-corrected chi connectivity index (χ2v) is 7.35. The number of alkyl halides is 3. The number of ketones is 1. The monoisotopic (exact) mass is 404 g/mol. The Hall–Kier alpha value is -2.83. The number of hydrogen-bond donors (Lipinski definition) is 1.